The molecule has 1 unspecified atom stereocenters. The number of carbonyl (C=O) groups is 1. The molecule has 0 radical (unpaired) electrons. The first kappa shape index (κ1) is 16.8. The van der Waals surface area contributed by atoms with Crippen LogP contribution in [0.5, 0.6) is 0 Å². The molecule has 6 heteroatoms. The molecule has 1 saturated heterocycles. The third-order valence-electron chi connectivity index (χ3n) is 4.13. The van der Waals surface area contributed by atoms with Gasteiger partial charge in [-0.15, -0.1) is 0 Å². The molecule has 1 N–H and O–H groups in total. The number of nitrogens with zero attached hydrogens (tertiary/aromatic N) is 2. The van der Waals surface area contributed by atoms with E-state index in [4.69, 9.17) is 0 Å². The molecule has 1 heterocycles. The Labute approximate surface area is 129 Å². The Morgan fingerprint density at radius 3 is 2.59 bits per heavy atom. The topological polar surface area (TPSA) is 43.8 Å². The second kappa shape index (κ2) is 7.15. The van der Waals surface area contributed by atoms with E-state index in [1.165, 1.54) is 0 Å². The van der Waals surface area contributed by atoms with Crippen molar-refractivity contribution in [1.29, 1.82) is 0 Å². The van der Waals surface area contributed by atoms with Crippen LogP contribution in [0.4, 0.5) is 8.78 Å². The van der Waals surface area contributed by atoms with Crippen LogP contribution in [0.25, 0.3) is 0 Å². The van der Waals surface area contributed by atoms with Gasteiger partial charge in [-0.1, -0.05) is 0 Å². The average molecular weight is 312 g/mol. The number of benzene rings is 1. The van der Waals surface area contributed by atoms with Crippen LogP contribution in [-0.2, 0) is 4.79 Å². The highest BCUT2D eigenvalue weighted by molar-refractivity contribution is 5.78. The van der Waals surface area contributed by atoms with Crippen LogP contribution < -0.4 is 0 Å². The number of carbonyl (C=O) groups excluding carboxylic acids is 1. The van der Waals surface area contributed by atoms with Crippen molar-refractivity contribution in [2.45, 2.75) is 18.9 Å². The molecular formula is C16H22F2N2O2. The Morgan fingerprint density at radius 1 is 1.36 bits per heavy atom. The molecule has 0 aliphatic carbocycles. The summed E-state index contributed by atoms with van der Waals surface area (Å²) in [6, 6.07) is 3.09. The first-order chi connectivity index (χ1) is 10.4. The van der Waals surface area contributed by atoms with Gasteiger partial charge in [0.15, 0.2) is 0 Å². The van der Waals surface area contributed by atoms with E-state index in [1.807, 2.05) is 4.90 Å². The molecule has 0 aromatic heterocycles. The Balaban J connectivity index is 1.90. The van der Waals surface area contributed by atoms with E-state index in [-0.39, 0.29) is 23.9 Å². The number of rotatable bonds is 4. The van der Waals surface area contributed by atoms with E-state index in [2.05, 4.69) is 0 Å². The second-order valence-electron chi connectivity index (χ2n) is 5.99. The Kier molecular flexibility index (Phi) is 5.47. The van der Waals surface area contributed by atoms with Gasteiger partial charge in [-0.2, -0.15) is 0 Å². The van der Waals surface area contributed by atoms with Gasteiger partial charge in [0.05, 0.1) is 6.10 Å². The van der Waals surface area contributed by atoms with Crippen molar-refractivity contribution in [3.05, 3.63) is 35.4 Å². The fourth-order valence-corrected chi connectivity index (χ4v) is 2.84. The quantitative estimate of drug-likeness (QED) is 0.922. The summed E-state index contributed by atoms with van der Waals surface area (Å²) in [7, 11) is 3.48. The van der Waals surface area contributed by atoms with Gasteiger partial charge < -0.3 is 14.9 Å². The molecule has 0 saturated carbocycles. The van der Waals surface area contributed by atoms with Gasteiger partial charge in [-0.05, 0) is 44.1 Å². The summed E-state index contributed by atoms with van der Waals surface area (Å²) in [5.41, 5.74) is -0.0218. The van der Waals surface area contributed by atoms with E-state index in [0.717, 1.165) is 31.0 Å². The molecule has 0 bridgehead atoms. The lowest BCUT2D eigenvalue weighted by atomic mass is 9.95. The summed E-state index contributed by atoms with van der Waals surface area (Å²) in [4.78, 5) is 15.5. The number of hydrogen-bond acceptors (Lipinski definition) is 3. The Bertz CT molecular complexity index is 529. The number of aliphatic hydroxyl groups is 1. The first-order valence-corrected chi connectivity index (χ1v) is 7.45. The number of likely N-dealkylation sites (tertiary alicyclic amines) is 1. The molecule has 1 fully saturated rings. The zero-order chi connectivity index (χ0) is 16.3. The third-order valence-corrected chi connectivity index (χ3v) is 4.13. The summed E-state index contributed by atoms with van der Waals surface area (Å²) < 4.78 is 26.8. The molecule has 1 aliphatic heterocycles. The maximum atomic E-state index is 13.6. The standard InChI is InChI=1S/C16H22F2N2O2/c1-19(2)16(22)11-5-7-20(8-6-11)10-15(21)13-9-12(17)3-4-14(13)18/h3-4,9,11,15,21H,5-8,10H2,1-2H3. The fraction of sp³-hybridized carbons (Fsp3) is 0.562. The summed E-state index contributed by atoms with van der Waals surface area (Å²) in [5.74, 6) is -1.04. The molecular weight excluding hydrogens is 290 g/mol. The lowest BCUT2D eigenvalue weighted by Crippen LogP contribution is -2.41. The van der Waals surface area contributed by atoms with Crippen molar-refractivity contribution in [2.75, 3.05) is 33.7 Å². The number of hydrogen-bond donors (Lipinski definition) is 1. The molecule has 22 heavy (non-hydrogen) atoms. The van der Waals surface area contributed by atoms with Crippen LogP contribution in [0.1, 0.15) is 24.5 Å². The zero-order valence-corrected chi connectivity index (χ0v) is 12.9. The van der Waals surface area contributed by atoms with Gasteiger partial charge in [0.2, 0.25) is 5.91 Å². The van der Waals surface area contributed by atoms with Gasteiger partial charge in [-0.3, -0.25) is 4.79 Å². The van der Waals surface area contributed by atoms with Crippen LogP contribution in [0.2, 0.25) is 0 Å². The number of aliphatic hydroxyl groups excluding tert-OH is 1. The Hall–Kier alpha value is -1.53. The van der Waals surface area contributed by atoms with E-state index >= 15 is 0 Å². The fourth-order valence-electron chi connectivity index (χ4n) is 2.84. The molecule has 0 spiro atoms. The van der Waals surface area contributed by atoms with Gasteiger partial charge in [0.1, 0.15) is 11.6 Å². The van der Waals surface area contributed by atoms with Gasteiger partial charge >= 0.3 is 0 Å². The van der Waals surface area contributed by atoms with Gasteiger partial charge in [0.25, 0.3) is 0 Å². The Morgan fingerprint density at radius 2 is 2.00 bits per heavy atom. The highest BCUT2D eigenvalue weighted by Gasteiger charge is 2.27. The summed E-state index contributed by atoms with van der Waals surface area (Å²) in [6.45, 7) is 1.57. The maximum absolute atomic E-state index is 13.6. The molecule has 1 amide bonds. The minimum absolute atomic E-state index is 0.00861. The van der Waals surface area contributed by atoms with Crippen LogP contribution in [-0.4, -0.2) is 54.5 Å². The smallest absolute Gasteiger partial charge is 0.225 e. The molecule has 1 atom stereocenters. The van der Waals surface area contributed by atoms with Crippen molar-refractivity contribution in [2.24, 2.45) is 5.92 Å². The maximum Gasteiger partial charge on any atom is 0.225 e. The lowest BCUT2D eigenvalue weighted by molar-refractivity contribution is -0.134. The molecule has 1 aliphatic rings. The monoisotopic (exact) mass is 312 g/mol. The van der Waals surface area contributed by atoms with Crippen molar-refractivity contribution < 1.29 is 18.7 Å². The normalized spacial score (nSPS) is 18.2. The molecule has 1 aromatic rings. The number of halogens is 2. The number of piperidine rings is 1. The van der Waals surface area contributed by atoms with Crippen molar-refractivity contribution in [1.82, 2.24) is 9.80 Å². The van der Waals surface area contributed by atoms with Crippen molar-refractivity contribution in [3.8, 4) is 0 Å². The van der Waals surface area contributed by atoms with Crippen molar-refractivity contribution in [3.63, 3.8) is 0 Å². The van der Waals surface area contributed by atoms with Crippen LogP contribution >= 0.6 is 0 Å². The minimum Gasteiger partial charge on any atom is -0.387 e. The summed E-state index contributed by atoms with van der Waals surface area (Å²) >= 11 is 0. The molecule has 1 aromatic carbocycles. The van der Waals surface area contributed by atoms with Crippen LogP contribution in [0.15, 0.2) is 18.2 Å². The largest absolute Gasteiger partial charge is 0.387 e. The van der Waals surface area contributed by atoms with E-state index in [1.54, 1.807) is 19.0 Å². The predicted octanol–water partition coefficient (Wildman–Crippen LogP) is 1.80. The summed E-state index contributed by atoms with van der Waals surface area (Å²) in [5, 5.41) is 10.1. The molecule has 4 nitrogen and oxygen atoms in total. The molecule has 122 valence electrons. The van der Waals surface area contributed by atoms with Gasteiger partial charge in [-0.25, -0.2) is 8.78 Å². The highest BCUT2D eigenvalue weighted by atomic mass is 19.1. The van der Waals surface area contributed by atoms with E-state index < -0.39 is 17.7 Å². The second-order valence-corrected chi connectivity index (χ2v) is 5.99. The highest BCUT2D eigenvalue weighted by Crippen LogP contribution is 2.23. The number of amides is 1. The third kappa shape index (κ3) is 4.01. The summed E-state index contributed by atoms with van der Waals surface area (Å²) in [6.07, 6.45) is 0.363. The minimum atomic E-state index is -1.07. The zero-order valence-electron chi connectivity index (χ0n) is 12.9. The van der Waals surface area contributed by atoms with E-state index in [9.17, 15) is 18.7 Å². The van der Waals surface area contributed by atoms with Crippen LogP contribution in [0, 0.1) is 17.6 Å². The first-order valence-electron chi connectivity index (χ1n) is 7.45. The molecule has 2 rings (SSSR count). The lowest BCUT2D eigenvalue weighted by Gasteiger charge is -2.33. The predicted molar refractivity (Wildman–Crippen MR) is 79.2 cm³/mol. The van der Waals surface area contributed by atoms with E-state index in [0.29, 0.717) is 13.1 Å². The average Bonchev–Trinajstić information content (AvgIpc) is 2.49. The van der Waals surface area contributed by atoms with Crippen LogP contribution in [0.3, 0.4) is 0 Å². The number of β-amino-alcohol motifs (C(OH)–C–C–N with tert-alkyl or cyclic N) is 1. The SMILES string of the molecule is CN(C)C(=O)C1CCN(CC(O)c2cc(F)ccc2F)CC1. The van der Waals surface area contributed by atoms with Gasteiger partial charge in [0, 0.05) is 32.1 Å². The van der Waals surface area contributed by atoms with Crippen molar-refractivity contribution >= 4 is 5.91 Å².